The SMILES string of the molecule is CC(C)N(CCC1CCCCCC1)CC(=O)O. The molecule has 1 saturated carbocycles. The van der Waals surface area contributed by atoms with Crippen LogP contribution in [0.15, 0.2) is 0 Å². The van der Waals surface area contributed by atoms with Crippen molar-refractivity contribution < 1.29 is 9.90 Å². The van der Waals surface area contributed by atoms with E-state index in [2.05, 4.69) is 18.7 Å². The number of carboxylic acid groups (broad SMARTS) is 1. The maximum atomic E-state index is 10.8. The van der Waals surface area contributed by atoms with Gasteiger partial charge in [-0.2, -0.15) is 0 Å². The normalized spacial score (nSPS) is 18.6. The van der Waals surface area contributed by atoms with E-state index in [9.17, 15) is 4.79 Å². The predicted octanol–water partition coefficient (Wildman–Crippen LogP) is 3.14. The van der Waals surface area contributed by atoms with Crippen molar-refractivity contribution in [1.82, 2.24) is 4.90 Å². The molecule has 1 rings (SSSR count). The van der Waals surface area contributed by atoms with E-state index in [-0.39, 0.29) is 6.54 Å². The van der Waals surface area contributed by atoms with Crippen LogP contribution in [0.2, 0.25) is 0 Å². The molecular formula is C14H27NO2. The van der Waals surface area contributed by atoms with Gasteiger partial charge in [0.05, 0.1) is 6.54 Å². The molecule has 0 aromatic rings. The largest absolute Gasteiger partial charge is 0.480 e. The minimum absolute atomic E-state index is 0.185. The lowest BCUT2D eigenvalue weighted by Gasteiger charge is -2.26. The maximum Gasteiger partial charge on any atom is 0.317 e. The molecule has 0 aromatic heterocycles. The van der Waals surface area contributed by atoms with E-state index in [1.807, 2.05) is 0 Å². The van der Waals surface area contributed by atoms with Gasteiger partial charge in [-0.1, -0.05) is 38.5 Å². The minimum atomic E-state index is -0.709. The van der Waals surface area contributed by atoms with E-state index < -0.39 is 5.97 Å². The van der Waals surface area contributed by atoms with Gasteiger partial charge >= 0.3 is 5.97 Å². The van der Waals surface area contributed by atoms with Crippen LogP contribution >= 0.6 is 0 Å². The van der Waals surface area contributed by atoms with Gasteiger partial charge in [0, 0.05) is 6.04 Å². The molecule has 0 saturated heterocycles. The van der Waals surface area contributed by atoms with E-state index in [4.69, 9.17) is 5.11 Å². The average molecular weight is 241 g/mol. The summed E-state index contributed by atoms with van der Waals surface area (Å²) >= 11 is 0. The van der Waals surface area contributed by atoms with Gasteiger partial charge in [-0.15, -0.1) is 0 Å². The van der Waals surface area contributed by atoms with Crippen molar-refractivity contribution in [3.05, 3.63) is 0 Å². The van der Waals surface area contributed by atoms with E-state index in [0.29, 0.717) is 6.04 Å². The molecule has 100 valence electrons. The molecule has 0 aromatic carbocycles. The quantitative estimate of drug-likeness (QED) is 0.726. The Morgan fingerprint density at radius 2 is 1.82 bits per heavy atom. The molecule has 0 unspecified atom stereocenters. The number of aliphatic carboxylic acids is 1. The maximum absolute atomic E-state index is 10.8. The fourth-order valence-corrected chi connectivity index (χ4v) is 2.69. The van der Waals surface area contributed by atoms with Crippen LogP contribution in [0.5, 0.6) is 0 Å². The van der Waals surface area contributed by atoms with E-state index in [1.165, 1.54) is 44.9 Å². The Bertz CT molecular complexity index is 220. The van der Waals surface area contributed by atoms with Crippen LogP contribution in [0, 0.1) is 5.92 Å². The van der Waals surface area contributed by atoms with Crippen molar-refractivity contribution in [1.29, 1.82) is 0 Å². The molecule has 3 heteroatoms. The second-order valence-corrected chi connectivity index (χ2v) is 5.60. The summed E-state index contributed by atoms with van der Waals surface area (Å²) in [5.74, 6) is 0.118. The summed E-state index contributed by atoms with van der Waals surface area (Å²) in [5.41, 5.74) is 0. The van der Waals surface area contributed by atoms with Gasteiger partial charge in [0.25, 0.3) is 0 Å². The van der Waals surface area contributed by atoms with Crippen molar-refractivity contribution >= 4 is 5.97 Å². The zero-order chi connectivity index (χ0) is 12.7. The molecule has 1 fully saturated rings. The standard InChI is InChI=1S/C14H27NO2/c1-12(2)15(11-14(16)17)10-9-13-7-5-3-4-6-8-13/h12-13H,3-11H2,1-2H3,(H,16,17). The van der Waals surface area contributed by atoms with Gasteiger partial charge in [0.2, 0.25) is 0 Å². The van der Waals surface area contributed by atoms with E-state index in [1.54, 1.807) is 0 Å². The Labute approximate surface area is 105 Å². The number of carbonyl (C=O) groups is 1. The Hall–Kier alpha value is -0.570. The first-order chi connectivity index (χ1) is 8.09. The fraction of sp³-hybridized carbons (Fsp3) is 0.929. The summed E-state index contributed by atoms with van der Waals surface area (Å²) in [6.07, 6.45) is 9.37. The van der Waals surface area contributed by atoms with Crippen LogP contribution in [-0.2, 0) is 4.79 Å². The zero-order valence-electron chi connectivity index (χ0n) is 11.3. The topological polar surface area (TPSA) is 40.5 Å². The highest BCUT2D eigenvalue weighted by Gasteiger charge is 2.17. The highest BCUT2D eigenvalue weighted by Crippen LogP contribution is 2.25. The third-order valence-electron chi connectivity index (χ3n) is 3.87. The number of rotatable bonds is 6. The molecule has 1 aliphatic rings. The Balaban J connectivity index is 2.31. The highest BCUT2D eigenvalue weighted by atomic mass is 16.4. The Kier molecular flexibility index (Phi) is 6.56. The van der Waals surface area contributed by atoms with Crippen LogP contribution in [0.1, 0.15) is 58.8 Å². The molecule has 1 N–H and O–H groups in total. The van der Waals surface area contributed by atoms with Gasteiger partial charge < -0.3 is 5.11 Å². The van der Waals surface area contributed by atoms with Crippen LogP contribution in [-0.4, -0.2) is 35.1 Å². The van der Waals surface area contributed by atoms with Crippen LogP contribution in [0.3, 0.4) is 0 Å². The minimum Gasteiger partial charge on any atom is -0.480 e. The first-order valence-electron chi connectivity index (χ1n) is 7.05. The summed E-state index contributed by atoms with van der Waals surface area (Å²) in [4.78, 5) is 12.9. The first-order valence-corrected chi connectivity index (χ1v) is 7.05. The van der Waals surface area contributed by atoms with Crippen molar-refractivity contribution in [3.63, 3.8) is 0 Å². The van der Waals surface area contributed by atoms with Crippen molar-refractivity contribution in [2.24, 2.45) is 5.92 Å². The monoisotopic (exact) mass is 241 g/mol. The van der Waals surface area contributed by atoms with Gasteiger partial charge in [-0.25, -0.2) is 0 Å². The average Bonchev–Trinajstić information content (AvgIpc) is 2.51. The third kappa shape index (κ3) is 6.06. The van der Waals surface area contributed by atoms with Crippen LogP contribution < -0.4 is 0 Å². The van der Waals surface area contributed by atoms with E-state index in [0.717, 1.165) is 12.5 Å². The zero-order valence-corrected chi connectivity index (χ0v) is 11.3. The highest BCUT2D eigenvalue weighted by molar-refractivity contribution is 5.69. The predicted molar refractivity (Wildman–Crippen MR) is 70.2 cm³/mol. The molecule has 0 spiro atoms. The molecule has 0 heterocycles. The molecule has 17 heavy (non-hydrogen) atoms. The number of nitrogens with zero attached hydrogens (tertiary/aromatic N) is 1. The molecular weight excluding hydrogens is 214 g/mol. The number of carboxylic acids is 1. The van der Waals surface area contributed by atoms with Crippen molar-refractivity contribution in [2.75, 3.05) is 13.1 Å². The lowest BCUT2D eigenvalue weighted by molar-refractivity contribution is -0.138. The van der Waals surface area contributed by atoms with Crippen molar-refractivity contribution in [3.8, 4) is 0 Å². The molecule has 0 amide bonds. The second-order valence-electron chi connectivity index (χ2n) is 5.60. The lowest BCUT2D eigenvalue weighted by atomic mass is 9.96. The van der Waals surface area contributed by atoms with Gasteiger partial charge in [-0.3, -0.25) is 9.69 Å². The summed E-state index contributed by atoms with van der Waals surface area (Å²) in [7, 11) is 0. The molecule has 1 aliphatic carbocycles. The Morgan fingerprint density at radius 1 is 1.24 bits per heavy atom. The number of hydrogen-bond acceptors (Lipinski definition) is 2. The second kappa shape index (κ2) is 7.70. The van der Waals surface area contributed by atoms with E-state index >= 15 is 0 Å². The summed E-state index contributed by atoms with van der Waals surface area (Å²) in [5, 5.41) is 8.87. The third-order valence-corrected chi connectivity index (χ3v) is 3.87. The van der Waals surface area contributed by atoms with Crippen LogP contribution in [0.25, 0.3) is 0 Å². The molecule has 0 radical (unpaired) electrons. The molecule has 0 atom stereocenters. The molecule has 3 nitrogen and oxygen atoms in total. The molecule has 0 aliphatic heterocycles. The Morgan fingerprint density at radius 3 is 2.29 bits per heavy atom. The lowest BCUT2D eigenvalue weighted by Crippen LogP contribution is -2.37. The summed E-state index contributed by atoms with van der Waals surface area (Å²) < 4.78 is 0. The van der Waals surface area contributed by atoms with Crippen LogP contribution in [0.4, 0.5) is 0 Å². The summed E-state index contributed by atoms with van der Waals surface area (Å²) in [6.45, 7) is 5.28. The van der Waals surface area contributed by atoms with Crippen molar-refractivity contribution in [2.45, 2.75) is 64.8 Å². The summed E-state index contributed by atoms with van der Waals surface area (Å²) in [6, 6.07) is 0.330. The fourth-order valence-electron chi connectivity index (χ4n) is 2.69. The van der Waals surface area contributed by atoms with Gasteiger partial charge in [0.1, 0.15) is 0 Å². The van der Waals surface area contributed by atoms with Gasteiger partial charge in [-0.05, 0) is 32.7 Å². The smallest absolute Gasteiger partial charge is 0.317 e. The number of hydrogen-bond donors (Lipinski definition) is 1. The first kappa shape index (κ1) is 14.5. The van der Waals surface area contributed by atoms with Gasteiger partial charge in [0.15, 0.2) is 0 Å². The molecule has 0 bridgehead atoms.